The fourth-order valence-corrected chi connectivity index (χ4v) is 3.05. The summed E-state index contributed by atoms with van der Waals surface area (Å²) in [5.74, 6) is 0.849. The van der Waals surface area contributed by atoms with Gasteiger partial charge in [-0.25, -0.2) is 0 Å². The van der Waals surface area contributed by atoms with E-state index in [1.165, 1.54) is 5.56 Å². The van der Waals surface area contributed by atoms with Gasteiger partial charge in [0.25, 0.3) is 0 Å². The highest BCUT2D eigenvalue weighted by Gasteiger charge is 2.41. The number of aryl methyl sites for hydroxylation is 1. The van der Waals surface area contributed by atoms with Crippen molar-refractivity contribution in [3.05, 3.63) is 59.7 Å². The molecule has 1 heterocycles. The van der Waals surface area contributed by atoms with Crippen LogP contribution in [-0.4, -0.2) is 25.8 Å². The second kappa shape index (κ2) is 9.22. The van der Waals surface area contributed by atoms with Gasteiger partial charge in [0.1, 0.15) is 16.9 Å². The number of carbonyl (C=O) groups is 1. The zero-order chi connectivity index (χ0) is 20.0. The van der Waals surface area contributed by atoms with Gasteiger partial charge in [0, 0.05) is 5.56 Å². The summed E-state index contributed by atoms with van der Waals surface area (Å²) in [7, 11) is 0. The molecule has 2 aromatic carbocycles. The van der Waals surface area contributed by atoms with Crippen LogP contribution in [0.4, 0.5) is 0 Å². The molecule has 1 aliphatic rings. The second-order valence-corrected chi connectivity index (χ2v) is 7.30. The second-order valence-electron chi connectivity index (χ2n) is 7.30. The molecule has 1 saturated heterocycles. The van der Waals surface area contributed by atoms with E-state index in [0.717, 1.165) is 24.2 Å². The summed E-state index contributed by atoms with van der Waals surface area (Å²) in [6, 6.07) is 15.2. The Morgan fingerprint density at radius 1 is 1.00 bits per heavy atom. The van der Waals surface area contributed by atoms with Crippen LogP contribution in [0.25, 0.3) is 0 Å². The highest BCUT2D eigenvalue weighted by atomic mass is 16.7. The van der Waals surface area contributed by atoms with Crippen LogP contribution in [-0.2, 0) is 20.7 Å². The third-order valence-corrected chi connectivity index (χ3v) is 4.74. The minimum absolute atomic E-state index is 0.240. The molecule has 0 aliphatic carbocycles. The first-order chi connectivity index (χ1) is 13.5. The number of hydrogen-bond donors (Lipinski definition) is 0. The maximum absolute atomic E-state index is 12.6. The van der Waals surface area contributed by atoms with Crippen molar-refractivity contribution in [1.82, 2.24) is 0 Å². The summed E-state index contributed by atoms with van der Waals surface area (Å²) in [6.45, 7) is 6.95. The van der Waals surface area contributed by atoms with Crippen LogP contribution in [0.15, 0.2) is 48.5 Å². The van der Waals surface area contributed by atoms with Gasteiger partial charge in [-0.05, 0) is 50.1 Å². The summed E-state index contributed by atoms with van der Waals surface area (Å²) in [5, 5.41) is 0. The van der Waals surface area contributed by atoms with Crippen molar-refractivity contribution < 1.29 is 23.7 Å². The van der Waals surface area contributed by atoms with Crippen LogP contribution in [0.1, 0.15) is 44.6 Å². The van der Waals surface area contributed by atoms with Crippen molar-refractivity contribution in [2.75, 3.05) is 19.8 Å². The van der Waals surface area contributed by atoms with Crippen molar-refractivity contribution in [3.63, 3.8) is 0 Å². The van der Waals surface area contributed by atoms with E-state index in [0.29, 0.717) is 12.4 Å². The van der Waals surface area contributed by atoms with Crippen LogP contribution in [0.3, 0.4) is 0 Å². The average Bonchev–Trinajstić information content (AvgIpc) is 2.71. The van der Waals surface area contributed by atoms with Gasteiger partial charge in [-0.15, -0.1) is 0 Å². The summed E-state index contributed by atoms with van der Waals surface area (Å²) in [4.78, 5) is 12.6. The fraction of sp³-hybridized carbons (Fsp3) is 0.435. The number of ether oxygens (including phenoxy) is 4. The predicted octanol–water partition coefficient (Wildman–Crippen LogP) is 4.70. The molecule has 5 nitrogen and oxygen atoms in total. The zero-order valence-corrected chi connectivity index (χ0v) is 16.8. The molecule has 1 aliphatic heterocycles. The van der Waals surface area contributed by atoms with Gasteiger partial charge in [-0.3, -0.25) is 4.79 Å². The summed E-state index contributed by atoms with van der Waals surface area (Å²) >= 11 is 0. The van der Waals surface area contributed by atoms with E-state index in [1.54, 1.807) is 31.2 Å². The van der Waals surface area contributed by atoms with E-state index in [4.69, 9.17) is 18.9 Å². The Bertz CT molecular complexity index is 759. The smallest absolute Gasteiger partial charge is 0.321 e. The largest absolute Gasteiger partial charge is 0.494 e. The molecular weight excluding hydrogens is 356 g/mol. The Morgan fingerprint density at radius 3 is 2.18 bits per heavy atom. The van der Waals surface area contributed by atoms with Gasteiger partial charge in [0.15, 0.2) is 6.29 Å². The maximum Gasteiger partial charge on any atom is 0.321 e. The minimum Gasteiger partial charge on any atom is -0.494 e. The molecule has 0 aromatic heterocycles. The molecule has 0 radical (unpaired) electrons. The number of carbonyl (C=O) groups excluding carboxylic acids is 1. The van der Waals surface area contributed by atoms with Crippen LogP contribution in [0.5, 0.6) is 11.5 Å². The van der Waals surface area contributed by atoms with Crippen LogP contribution < -0.4 is 9.47 Å². The van der Waals surface area contributed by atoms with Crippen molar-refractivity contribution in [2.24, 2.45) is 5.41 Å². The summed E-state index contributed by atoms with van der Waals surface area (Å²) in [6.07, 6.45) is 1.72. The molecule has 0 atom stereocenters. The van der Waals surface area contributed by atoms with Gasteiger partial charge in [-0.1, -0.05) is 37.6 Å². The Hall–Kier alpha value is -2.37. The highest BCUT2D eigenvalue weighted by molar-refractivity contribution is 5.79. The van der Waals surface area contributed by atoms with E-state index in [9.17, 15) is 4.79 Å². The molecule has 28 heavy (non-hydrogen) atoms. The topological polar surface area (TPSA) is 54.0 Å². The third kappa shape index (κ3) is 4.91. The van der Waals surface area contributed by atoms with Crippen LogP contribution >= 0.6 is 0 Å². The first-order valence-corrected chi connectivity index (χ1v) is 9.81. The number of benzene rings is 2. The Balaban J connectivity index is 1.56. The average molecular weight is 384 g/mol. The van der Waals surface area contributed by atoms with E-state index in [2.05, 4.69) is 19.1 Å². The van der Waals surface area contributed by atoms with E-state index in [-0.39, 0.29) is 19.2 Å². The predicted molar refractivity (Wildman–Crippen MR) is 106 cm³/mol. The first-order valence-electron chi connectivity index (χ1n) is 9.81. The van der Waals surface area contributed by atoms with Gasteiger partial charge < -0.3 is 18.9 Å². The minimum atomic E-state index is -0.850. The van der Waals surface area contributed by atoms with Crippen molar-refractivity contribution in [1.29, 1.82) is 0 Å². The van der Waals surface area contributed by atoms with Crippen molar-refractivity contribution in [2.45, 2.75) is 39.9 Å². The van der Waals surface area contributed by atoms with Gasteiger partial charge in [0.05, 0.1) is 19.8 Å². The van der Waals surface area contributed by atoms with Crippen molar-refractivity contribution >= 4 is 5.97 Å². The molecular formula is C23H28O5. The SMILES string of the molecule is CCCc1ccc(C2OCC(C)(C(=O)Oc3ccc(OCC)cc3)CO2)cc1. The molecule has 0 spiro atoms. The standard InChI is InChI=1S/C23H28O5/c1-4-6-17-7-9-18(10-8-17)21-26-15-23(3,16-27-21)22(24)28-20-13-11-19(12-14-20)25-5-2/h7-14,21H,4-6,15-16H2,1-3H3. The third-order valence-electron chi connectivity index (χ3n) is 4.74. The van der Waals surface area contributed by atoms with Gasteiger partial charge in [-0.2, -0.15) is 0 Å². The molecule has 0 unspecified atom stereocenters. The summed E-state index contributed by atoms with van der Waals surface area (Å²) < 4.78 is 22.6. The monoisotopic (exact) mass is 384 g/mol. The molecule has 0 amide bonds. The molecule has 0 bridgehead atoms. The normalized spacial score (nSPS) is 21.9. The Kier molecular flexibility index (Phi) is 6.70. The van der Waals surface area contributed by atoms with Gasteiger partial charge >= 0.3 is 5.97 Å². The lowest BCUT2D eigenvalue weighted by Gasteiger charge is -2.35. The van der Waals surface area contributed by atoms with Crippen LogP contribution in [0.2, 0.25) is 0 Å². The lowest BCUT2D eigenvalue weighted by molar-refractivity contribution is -0.233. The zero-order valence-electron chi connectivity index (χ0n) is 16.8. The molecule has 0 N–H and O–H groups in total. The first kappa shape index (κ1) is 20.4. The summed E-state index contributed by atoms with van der Waals surface area (Å²) in [5.41, 5.74) is 1.41. The highest BCUT2D eigenvalue weighted by Crippen LogP contribution is 2.33. The van der Waals surface area contributed by atoms with E-state index >= 15 is 0 Å². The lowest BCUT2D eigenvalue weighted by Crippen LogP contribution is -2.44. The Morgan fingerprint density at radius 2 is 1.61 bits per heavy atom. The molecule has 2 aromatic rings. The molecule has 5 heteroatoms. The number of hydrogen-bond acceptors (Lipinski definition) is 5. The molecule has 3 rings (SSSR count). The number of rotatable bonds is 7. The number of esters is 1. The van der Waals surface area contributed by atoms with Crippen molar-refractivity contribution in [3.8, 4) is 11.5 Å². The Labute approximate surface area is 166 Å². The lowest BCUT2D eigenvalue weighted by atomic mass is 9.92. The van der Waals surface area contributed by atoms with Gasteiger partial charge in [0.2, 0.25) is 0 Å². The quantitative estimate of drug-likeness (QED) is 0.512. The van der Waals surface area contributed by atoms with E-state index in [1.807, 2.05) is 19.1 Å². The molecule has 0 saturated carbocycles. The van der Waals surface area contributed by atoms with Crippen LogP contribution in [0, 0.1) is 5.41 Å². The molecule has 150 valence electrons. The fourth-order valence-electron chi connectivity index (χ4n) is 3.05. The maximum atomic E-state index is 12.6. The van der Waals surface area contributed by atoms with E-state index < -0.39 is 11.7 Å². The molecule has 1 fully saturated rings.